The molecule has 7 nitrogen and oxygen atoms in total. The Morgan fingerprint density at radius 2 is 2.07 bits per heavy atom. The van der Waals surface area contributed by atoms with Gasteiger partial charge in [-0.2, -0.15) is 10.5 Å². The van der Waals surface area contributed by atoms with E-state index in [9.17, 15) is 15.3 Å². The van der Waals surface area contributed by atoms with Crippen LogP contribution in [-0.2, 0) is 0 Å². The van der Waals surface area contributed by atoms with Gasteiger partial charge in [0.25, 0.3) is 5.56 Å². The van der Waals surface area contributed by atoms with Crippen molar-refractivity contribution in [2.75, 3.05) is 12.4 Å². The molecule has 0 aliphatic carbocycles. The van der Waals surface area contributed by atoms with Gasteiger partial charge in [0.05, 0.1) is 21.7 Å². The molecule has 3 aromatic rings. The van der Waals surface area contributed by atoms with Crippen molar-refractivity contribution >= 4 is 38.2 Å². The fraction of sp³-hybridized carbons (Fsp3) is 0.105. The number of nitriles is 2. The molecule has 0 saturated heterocycles. The van der Waals surface area contributed by atoms with Gasteiger partial charge < -0.3 is 20.8 Å². The number of anilines is 1. The van der Waals surface area contributed by atoms with Crippen LogP contribution in [0.5, 0.6) is 5.75 Å². The highest BCUT2D eigenvalue weighted by atomic mass is 35.5. The molecule has 1 atom stereocenters. The highest BCUT2D eigenvalue weighted by molar-refractivity contribution is 7.23. The van der Waals surface area contributed by atoms with Gasteiger partial charge in [-0.3, -0.25) is 4.79 Å². The molecule has 1 unspecified atom stereocenters. The number of ether oxygens (including phenoxy) is 1. The maximum absolute atomic E-state index is 13.0. The fourth-order valence-electron chi connectivity index (χ4n) is 3.35. The number of aromatic amines is 1. The fourth-order valence-corrected chi connectivity index (χ4v) is 4.65. The molecule has 0 radical (unpaired) electrons. The van der Waals surface area contributed by atoms with Crippen LogP contribution in [-0.4, -0.2) is 12.0 Å². The van der Waals surface area contributed by atoms with Gasteiger partial charge in [-0.1, -0.05) is 29.8 Å². The summed E-state index contributed by atoms with van der Waals surface area (Å²) in [6, 6.07) is 11.1. The molecule has 138 valence electrons. The monoisotopic (exact) mass is 409 g/mol. The third-order valence-electron chi connectivity index (χ3n) is 4.57. The number of H-pyrrole nitrogens is 1. The maximum Gasteiger partial charge on any atom is 0.256 e. The molecule has 4 N–H and O–H groups in total. The standard InChI is InChI=1S/C19H12ClN5O2S/c1-24-19-10(7-22)14-16(28-19)15-13(18(26)25-14)12(9(6-21)17(23)27-15)8-4-2-3-5-11(8)20/h2-5,12,24H,23H2,1H3,(H,25,26). The van der Waals surface area contributed by atoms with E-state index < -0.39 is 11.5 Å². The van der Waals surface area contributed by atoms with E-state index in [1.165, 1.54) is 11.3 Å². The van der Waals surface area contributed by atoms with Crippen molar-refractivity contribution in [2.24, 2.45) is 5.73 Å². The van der Waals surface area contributed by atoms with Crippen LogP contribution in [0.2, 0.25) is 5.02 Å². The van der Waals surface area contributed by atoms with Crippen molar-refractivity contribution in [3.05, 3.63) is 67.8 Å². The number of halogens is 1. The lowest BCUT2D eigenvalue weighted by Crippen LogP contribution is -2.27. The lowest BCUT2D eigenvalue weighted by atomic mass is 9.84. The van der Waals surface area contributed by atoms with Gasteiger partial charge >= 0.3 is 0 Å². The molecular formula is C19H12ClN5O2S. The first-order chi connectivity index (χ1) is 13.5. The number of nitrogens with two attached hydrogens (primary N) is 1. The molecule has 1 aromatic carbocycles. The van der Waals surface area contributed by atoms with Crippen molar-refractivity contribution in [3.63, 3.8) is 0 Å². The quantitative estimate of drug-likeness (QED) is 0.595. The minimum absolute atomic E-state index is 0.0928. The number of aromatic nitrogens is 1. The Hall–Kier alpha value is -3.46. The lowest BCUT2D eigenvalue weighted by Gasteiger charge is -2.26. The molecule has 9 heteroatoms. The van der Waals surface area contributed by atoms with E-state index in [1.807, 2.05) is 6.07 Å². The number of rotatable bonds is 2. The van der Waals surface area contributed by atoms with Crippen LogP contribution in [0.15, 0.2) is 40.5 Å². The van der Waals surface area contributed by atoms with Crippen LogP contribution in [0.3, 0.4) is 0 Å². The number of thiophene rings is 1. The Bertz CT molecular complexity index is 1310. The second kappa shape index (κ2) is 6.61. The molecule has 0 saturated carbocycles. The number of fused-ring (bicyclic) bond motifs is 3. The summed E-state index contributed by atoms with van der Waals surface area (Å²) in [5, 5.41) is 23.1. The zero-order valence-corrected chi connectivity index (χ0v) is 16.0. The SMILES string of the molecule is CNc1sc2c3c(c(=O)[nH]c2c1C#N)C(c1ccccc1Cl)C(C#N)=C(N)O3. The van der Waals surface area contributed by atoms with Gasteiger partial charge in [0.2, 0.25) is 5.88 Å². The summed E-state index contributed by atoms with van der Waals surface area (Å²) in [5.41, 5.74) is 7.17. The number of benzene rings is 1. The Kier molecular flexibility index (Phi) is 4.23. The number of hydrogen-bond acceptors (Lipinski definition) is 7. The van der Waals surface area contributed by atoms with Crippen LogP contribution in [0.4, 0.5) is 5.00 Å². The molecule has 1 aliphatic rings. The first-order valence-corrected chi connectivity index (χ1v) is 9.33. The van der Waals surface area contributed by atoms with Gasteiger partial charge in [-0.25, -0.2) is 0 Å². The maximum atomic E-state index is 13.0. The molecule has 3 heterocycles. The number of nitrogens with zero attached hydrogens (tertiary/aromatic N) is 2. The van der Waals surface area contributed by atoms with Gasteiger partial charge in [-0.05, 0) is 11.6 Å². The lowest BCUT2D eigenvalue weighted by molar-refractivity contribution is 0.397. The Morgan fingerprint density at radius 1 is 1.32 bits per heavy atom. The van der Waals surface area contributed by atoms with Crippen LogP contribution in [0.25, 0.3) is 10.2 Å². The smallest absolute Gasteiger partial charge is 0.256 e. The van der Waals surface area contributed by atoms with E-state index in [2.05, 4.69) is 16.4 Å². The van der Waals surface area contributed by atoms with Gasteiger partial charge in [-0.15, -0.1) is 11.3 Å². The molecule has 1 aliphatic heterocycles. The second-order valence-corrected chi connectivity index (χ2v) is 7.44. The molecule has 4 rings (SSSR count). The van der Waals surface area contributed by atoms with Crippen LogP contribution in [0.1, 0.15) is 22.6 Å². The van der Waals surface area contributed by atoms with Gasteiger partial charge in [0.1, 0.15) is 28.3 Å². The van der Waals surface area contributed by atoms with E-state index in [1.54, 1.807) is 31.3 Å². The number of hydrogen-bond donors (Lipinski definition) is 3. The average Bonchev–Trinajstić information content (AvgIpc) is 3.05. The molecular weight excluding hydrogens is 398 g/mol. The van der Waals surface area contributed by atoms with Gasteiger partial charge in [0.15, 0.2) is 5.75 Å². The van der Waals surface area contributed by atoms with Gasteiger partial charge in [0, 0.05) is 12.1 Å². The number of allylic oxidation sites excluding steroid dienone is 1. The summed E-state index contributed by atoms with van der Waals surface area (Å²) in [4.78, 5) is 15.8. The third kappa shape index (κ3) is 2.43. The van der Waals surface area contributed by atoms with E-state index in [0.717, 1.165) is 0 Å². The van der Waals surface area contributed by atoms with E-state index in [0.29, 0.717) is 31.4 Å². The first kappa shape index (κ1) is 17.9. The van der Waals surface area contributed by atoms with Crippen LogP contribution in [0, 0.1) is 22.7 Å². The third-order valence-corrected chi connectivity index (χ3v) is 6.12. The Labute approximate surface area is 168 Å². The average molecular weight is 410 g/mol. The highest BCUT2D eigenvalue weighted by Crippen LogP contribution is 2.48. The zero-order chi connectivity index (χ0) is 20.0. The molecule has 0 spiro atoms. The normalized spacial score (nSPS) is 15.5. The summed E-state index contributed by atoms with van der Waals surface area (Å²) in [6.07, 6.45) is 0. The number of pyridine rings is 1. The van der Waals surface area contributed by atoms with Crippen LogP contribution >= 0.6 is 22.9 Å². The minimum atomic E-state index is -0.777. The predicted molar refractivity (Wildman–Crippen MR) is 107 cm³/mol. The largest absolute Gasteiger partial charge is 0.438 e. The van der Waals surface area contributed by atoms with E-state index >= 15 is 0 Å². The minimum Gasteiger partial charge on any atom is -0.438 e. The first-order valence-electron chi connectivity index (χ1n) is 8.14. The van der Waals surface area contributed by atoms with E-state index in [-0.39, 0.29) is 22.8 Å². The number of nitrogens with one attached hydrogen (secondary N) is 2. The Morgan fingerprint density at radius 3 is 2.71 bits per heavy atom. The zero-order valence-electron chi connectivity index (χ0n) is 14.5. The van der Waals surface area contributed by atoms with Crippen molar-refractivity contribution in [2.45, 2.75) is 5.92 Å². The molecule has 0 amide bonds. The van der Waals surface area contributed by atoms with Crippen molar-refractivity contribution in [1.29, 1.82) is 10.5 Å². The van der Waals surface area contributed by atoms with Crippen molar-refractivity contribution < 1.29 is 4.74 Å². The summed E-state index contributed by atoms with van der Waals surface area (Å²) < 4.78 is 6.29. The summed E-state index contributed by atoms with van der Waals surface area (Å²) >= 11 is 7.62. The predicted octanol–water partition coefficient (Wildman–Crippen LogP) is 3.37. The Balaban J connectivity index is 2.13. The van der Waals surface area contributed by atoms with Crippen molar-refractivity contribution in [1.82, 2.24) is 4.98 Å². The molecule has 2 aromatic heterocycles. The van der Waals surface area contributed by atoms with E-state index in [4.69, 9.17) is 22.1 Å². The summed E-state index contributed by atoms with van der Waals surface area (Å²) in [7, 11) is 1.69. The molecule has 28 heavy (non-hydrogen) atoms. The second-order valence-electron chi connectivity index (χ2n) is 6.02. The molecule has 0 bridgehead atoms. The highest BCUT2D eigenvalue weighted by Gasteiger charge is 2.36. The van der Waals surface area contributed by atoms with Crippen molar-refractivity contribution in [3.8, 4) is 17.9 Å². The summed E-state index contributed by atoms with van der Waals surface area (Å²) in [5.74, 6) is -0.630. The topological polar surface area (TPSA) is 128 Å². The summed E-state index contributed by atoms with van der Waals surface area (Å²) in [6.45, 7) is 0. The van der Waals surface area contributed by atoms with Crippen LogP contribution < -0.4 is 21.3 Å². The molecule has 0 fully saturated rings.